The van der Waals surface area contributed by atoms with Crippen LogP contribution in [-0.2, 0) is 0 Å². The lowest BCUT2D eigenvalue weighted by Crippen LogP contribution is -2.31. The quantitative estimate of drug-likeness (QED) is 0.591. The molecule has 0 aliphatic heterocycles. The minimum Gasteiger partial charge on any atom is -0.369 e. The molecule has 0 bridgehead atoms. The van der Waals surface area contributed by atoms with Crippen LogP contribution in [0.5, 0.6) is 0 Å². The van der Waals surface area contributed by atoms with Crippen molar-refractivity contribution in [2.75, 3.05) is 25.0 Å². The molecule has 0 aromatic carbocycles. The Balaban J connectivity index is 1.77. The molecule has 1 N–H and O–H groups in total. The Morgan fingerprint density at radius 1 is 1.56 bits per heavy atom. The van der Waals surface area contributed by atoms with E-state index in [0.29, 0.717) is 5.82 Å². The molecule has 1 saturated carbocycles. The SMILES string of the molecule is CCN(CCNc1ccc([N+](=O)[O-])cn1)C1CC1. The van der Waals surface area contributed by atoms with E-state index in [1.54, 1.807) is 6.07 Å². The molecule has 0 atom stereocenters. The molecule has 0 spiro atoms. The second-order valence-corrected chi connectivity index (χ2v) is 4.45. The third-order valence-electron chi connectivity index (χ3n) is 3.13. The van der Waals surface area contributed by atoms with Gasteiger partial charge in [0.15, 0.2) is 0 Å². The lowest BCUT2D eigenvalue weighted by Gasteiger charge is -2.19. The van der Waals surface area contributed by atoms with Gasteiger partial charge in [0, 0.05) is 25.2 Å². The van der Waals surface area contributed by atoms with Crippen LogP contribution in [0.25, 0.3) is 0 Å². The number of aromatic nitrogens is 1. The van der Waals surface area contributed by atoms with Crippen molar-refractivity contribution < 1.29 is 4.92 Å². The first-order chi connectivity index (χ1) is 8.70. The molecule has 18 heavy (non-hydrogen) atoms. The molecule has 0 saturated heterocycles. The molecular weight excluding hydrogens is 232 g/mol. The minimum atomic E-state index is -0.442. The Morgan fingerprint density at radius 3 is 2.83 bits per heavy atom. The van der Waals surface area contributed by atoms with E-state index in [1.165, 1.54) is 25.1 Å². The largest absolute Gasteiger partial charge is 0.369 e. The fraction of sp³-hybridized carbons (Fsp3) is 0.583. The van der Waals surface area contributed by atoms with Gasteiger partial charge in [-0.15, -0.1) is 0 Å². The minimum absolute atomic E-state index is 0.0220. The van der Waals surface area contributed by atoms with E-state index in [0.717, 1.165) is 25.7 Å². The molecule has 1 aromatic heterocycles. The third-order valence-corrected chi connectivity index (χ3v) is 3.13. The zero-order valence-electron chi connectivity index (χ0n) is 10.5. The summed E-state index contributed by atoms with van der Waals surface area (Å²) in [6.07, 6.45) is 3.90. The number of nitrogens with one attached hydrogen (secondary N) is 1. The van der Waals surface area contributed by atoms with E-state index in [4.69, 9.17) is 0 Å². The summed E-state index contributed by atoms with van der Waals surface area (Å²) < 4.78 is 0. The summed E-state index contributed by atoms with van der Waals surface area (Å²) in [7, 11) is 0. The number of anilines is 1. The first kappa shape index (κ1) is 12.8. The van der Waals surface area contributed by atoms with Gasteiger partial charge in [-0.2, -0.15) is 0 Å². The summed E-state index contributed by atoms with van der Waals surface area (Å²) in [6.45, 7) is 5.04. The first-order valence-corrected chi connectivity index (χ1v) is 6.29. The van der Waals surface area contributed by atoms with Crippen LogP contribution in [0.4, 0.5) is 11.5 Å². The Morgan fingerprint density at radius 2 is 2.33 bits per heavy atom. The third kappa shape index (κ3) is 3.40. The van der Waals surface area contributed by atoms with Crippen LogP contribution in [0.2, 0.25) is 0 Å². The first-order valence-electron chi connectivity index (χ1n) is 6.29. The summed E-state index contributed by atoms with van der Waals surface area (Å²) in [4.78, 5) is 16.5. The molecule has 1 aliphatic rings. The molecular formula is C12H18N4O2. The van der Waals surface area contributed by atoms with Crippen LogP contribution < -0.4 is 5.32 Å². The predicted molar refractivity (Wildman–Crippen MR) is 69.7 cm³/mol. The monoisotopic (exact) mass is 250 g/mol. The van der Waals surface area contributed by atoms with E-state index >= 15 is 0 Å². The van der Waals surface area contributed by atoms with Crippen LogP contribution in [0.1, 0.15) is 19.8 Å². The van der Waals surface area contributed by atoms with Crippen molar-refractivity contribution >= 4 is 11.5 Å². The van der Waals surface area contributed by atoms with Crippen molar-refractivity contribution in [1.82, 2.24) is 9.88 Å². The molecule has 1 aliphatic carbocycles. The number of likely N-dealkylation sites (N-methyl/N-ethyl adjacent to an activating group) is 1. The Bertz CT molecular complexity index is 403. The fourth-order valence-electron chi connectivity index (χ4n) is 1.96. The van der Waals surface area contributed by atoms with Gasteiger partial charge in [0.1, 0.15) is 12.0 Å². The maximum absolute atomic E-state index is 10.5. The van der Waals surface area contributed by atoms with Crippen LogP contribution in [0, 0.1) is 10.1 Å². The van der Waals surface area contributed by atoms with Crippen molar-refractivity contribution in [1.29, 1.82) is 0 Å². The van der Waals surface area contributed by atoms with E-state index in [1.807, 2.05) is 0 Å². The van der Waals surface area contributed by atoms with Crippen LogP contribution >= 0.6 is 0 Å². The average molecular weight is 250 g/mol. The van der Waals surface area contributed by atoms with Gasteiger partial charge in [0.2, 0.25) is 0 Å². The van der Waals surface area contributed by atoms with Crippen LogP contribution in [0.3, 0.4) is 0 Å². The highest BCUT2D eigenvalue weighted by Crippen LogP contribution is 2.25. The molecule has 2 rings (SSSR count). The zero-order chi connectivity index (χ0) is 13.0. The highest BCUT2D eigenvalue weighted by Gasteiger charge is 2.27. The second-order valence-electron chi connectivity index (χ2n) is 4.45. The van der Waals surface area contributed by atoms with Crippen molar-refractivity contribution in [3.05, 3.63) is 28.4 Å². The number of nitro groups is 1. The van der Waals surface area contributed by atoms with Gasteiger partial charge in [0.05, 0.1) is 4.92 Å². The van der Waals surface area contributed by atoms with Crippen molar-refractivity contribution in [2.45, 2.75) is 25.8 Å². The highest BCUT2D eigenvalue weighted by atomic mass is 16.6. The number of nitrogens with zero attached hydrogens (tertiary/aromatic N) is 3. The smallest absolute Gasteiger partial charge is 0.287 e. The predicted octanol–water partition coefficient (Wildman–Crippen LogP) is 1.89. The van der Waals surface area contributed by atoms with Crippen LogP contribution in [-0.4, -0.2) is 40.5 Å². The highest BCUT2D eigenvalue weighted by molar-refractivity contribution is 5.39. The molecule has 1 fully saturated rings. The van der Waals surface area contributed by atoms with Gasteiger partial charge in [-0.1, -0.05) is 6.92 Å². The molecule has 0 amide bonds. The van der Waals surface area contributed by atoms with Crippen molar-refractivity contribution in [3.63, 3.8) is 0 Å². The van der Waals surface area contributed by atoms with Crippen molar-refractivity contribution in [3.8, 4) is 0 Å². The van der Waals surface area contributed by atoms with Gasteiger partial charge in [-0.25, -0.2) is 4.98 Å². The lowest BCUT2D eigenvalue weighted by molar-refractivity contribution is -0.385. The normalized spacial score (nSPS) is 14.8. The molecule has 6 heteroatoms. The van der Waals surface area contributed by atoms with Gasteiger partial charge < -0.3 is 5.32 Å². The van der Waals surface area contributed by atoms with Gasteiger partial charge in [-0.05, 0) is 25.5 Å². The number of rotatable bonds is 7. The van der Waals surface area contributed by atoms with Gasteiger partial charge in [0.25, 0.3) is 5.69 Å². The molecule has 6 nitrogen and oxygen atoms in total. The Hall–Kier alpha value is -1.69. The zero-order valence-corrected chi connectivity index (χ0v) is 10.5. The Labute approximate surface area is 106 Å². The molecule has 98 valence electrons. The van der Waals surface area contributed by atoms with E-state index < -0.39 is 4.92 Å². The molecule has 0 radical (unpaired) electrons. The lowest BCUT2D eigenvalue weighted by atomic mass is 10.4. The van der Waals surface area contributed by atoms with Crippen molar-refractivity contribution in [2.24, 2.45) is 0 Å². The Kier molecular flexibility index (Phi) is 4.09. The summed E-state index contributed by atoms with van der Waals surface area (Å²) in [6, 6.07) is 3.88. The average Bonchev–Trinajstić information content (AvgIpc) is 3.19. The number of hydrogen-bond acceptors (Lipinski definition) is 5. The number of pyridine rings is 1. The molecule has 1 aromatic rings. The maximum atomic E-state index is 10.5. The van der Waals surface area contributed by atoms with Crippen LogP contribution in [0.15, 0.2) is 18.3 Å². The molecule has 1 heterocycles. The molecule has 0 unspecified atom stereocenters. The summed E-state index contributed by atoms with van der Waals surface area (Å²) in [5.74, 6) is 0.687. The fourth-order valence-corrected chi connectivity index (χ4v) is 1.96. The van der Waals surface area contributed by atoms with E-state index in [2.05, 4.69) is 22.1 Å². The van der Waals surface area contributed by atoms with Gasteiger partial charge >= 0.3 is 0 Å². The maximum Gasteiger partial charge on any atom is 0.287 e. The number of hydrogen-bond donors (Lipinski definition) is 1. The van der Waals surface area contributed by atoms with E-state index in [-0.39, 0.29) is 5.69 Å². The summed E-state index contributed by atoms with van der Waals surface area (Å²) >= 11 is 0. The summed E-state index contributed by atoms with van der Waals surface area (Å²) in [5.41, 5.74) is 0.0220. The van der Waals surface area contributed by atoms with E-state index in [9.17, 15) is 10.1 Å². The standard InChI is InChI=1S/C12H18N4O2/c1-2-15(10-3-4-10)8-7-13-12-6-5-11(9-14-12)16(17)18/h5-6,9-10H,2-4,7-8H2,1H3,(H,13,14). The summed E-state index contributed by atoms with van der Waals surface area (Å²) in [5, 5.41) is 13.7. The topological polar surface area (TPSA) is 71.3 Å². The van der Waals surface area contributed by atoms with Gasteiger partial charge in [-0.3, -0.25) is 15.0 Å². The second kappa shape index (κ2) is 5.77.